The summed E-state index contributed by atoms with van der Waals surface area (Å²) < 4.78 is 6.83. The lowest BCUT2D eigenvalue weighted by atomic mass is 10.1. The van der Waals surface area contributed by atoms with Gasteiger partial charge in [-0.05, 0) is 36.2 Å². The molecule has 0 saturated heterocycles. The smallest absolute Gasteiger partial charge is 0.297 e. The number of hydrogen-bond donors (Lipinski definition) is 0. The lowest BCUT2D eigenvalue weighted by Crippen LogP contribution is -2.22. The van der Waals surface area contributed by atoms with Crippen LogP contribution in [0.4, 0.5) is 0 Å². The van der Waals surface area contributed by atoms with Gasteiger partial charge >= 0.3 is 0 Å². The van der Waals surface area contributed by atoms with E-state index in [0.717, 1.165) is 22.6 Å². The number of hydrogen-bond acceptors (Lipinski definition) is 6. The fourth-order valence-electron chi connectivity index (χ4n) is 1.90. The Hall–Kier alpha value is -1.99. The summed E-state index contributed by atoms with van der Waals surface area (Å²) in [6.45, 7) is 2.55. The predicted octanol–water partition coefficient (Wildman–Crippen LogP) is 2.19. The molecular formula is C13H11ClN4O2S. The molecule has 3 rings (SSSR count). The molecule has 0 radical (unpaired) electrons. The number of aromatic nitrogens is 4. The highest BCUT2D eigenvalue weighted by atomic mass is 35.5. The Kier molecular flexibility index (Phi) is 3.85. The van der Waals surface area contributed by atoms with E-state index in [4.69, 9.17) is 16.3 Å². The first-order valence-corrected chi connectivity index (χ1v) is 7.49. The van der Waals surface area contributed by atoms with Crippen LogP contribution in [0.25, 0.3) is 4.96 Å². The molecule has 108 valence electrons. The minimum atomic E-state index is -0.294. The van der Waals surface area contributed by atoms with Gasteiger partial charge in [-0.25, -0.2) is 0 Å². The quantitative estimate of drug-likeness (QED) is 0.736. The van der Waals surface area contributed by atoms with Gasteiger partial charge in [0.1, 0.15) is 11.4 Å². The molecule has 21 heavy (non-hydrogen) atoms. The summed E-state index contributed by atoms with van der Waals surface area (Å²) >= 11 is 6.90. The summed E-state index contributed by atoms with van der Waals surface area (Å²) in [6, 6.07) is 7.52. The number of nitrogens with zero attached hydrogens (tertiary/aromatic N) is 4. The fourth-order valence-corrected chi connectivity index (χ4v) is 2.75. The minimum Gasteiger partial charge on any atom is -0.494 e. The van der Waals surface area contributed by atoms with Crippen molar-refractivity contribution in [3.63, 3.8) is 0 Å². The van der Waals surface area contributed by atoms with E-state index in [1.165, 1.54) is 4.52 Å². The van der Waals surface area contributed by atoms with E-state index in [-0.39, 0.29) is 10.0 Å². The topological polar surface area (TPSA) is 69.4 Å². The molecule has 0 aliphatic rings. The largest absolute Gasteiger partial charge is 0.494 e. The zero-order chi connectivity index (χ0) is 14.8. The summed E-state index contributed by atoms with van der Waals surface area (Å²) in [4.78, 5) is 12.6. The second-order valence-corrected chi connectivity index (χ2v) is 5.79. The molecule has 0 spiro atoms. The van der Waals surface area contributed by atoms with Crippen LogP contribution in [0.3, 0.4) is 0 Å². The van der Waals surface area contributed by atoms with Crippen molar-refractivity contribution < 1.29 is 4.74 Å². The third-order valence-electron chi connectivity index (χ3n) is 2.84. The van der Waals surface area contributed by atoms with Crippen LogP contribution in [0.5, 0.6) is 5.75 Å². The van der Waals surface area contributed by atoms with E-state index in [0.29, 0.717) is 23.7 Å². The number of benzene rings is 1. The SMILES string of the molecule is CCOc1ccc(Cc2nnc3sc(Cl)nn3c2=O)cc1. The summed E-state index contributed by atoms with van der Waals surface area (Å²) in [7, 11) is 0. The van der Waals surface area contributed by atoms with Crippen LogP contribution in [0.15, 0.2) is 29.1 Å². The molecule has 0 unspecified atom stereocenters. The van der Waals surface area contributed by atoms with Crippen molar-refractivity contribution in [2.75, 3.05) is 6.61 Å². The Labute approximate surface area is 129 Å². The van der Waals surface area contributed by atoms with Crippen molar-refractivity contribution in [2.24, 2.45) is 0 Å². The van der Waals surface area contributed by atoms with Gasteiger partial charge in [-0.3, -0.25) is 4.79 Å². The standard InChI is InChI=1S/C13H11ClN4O2S/c1-2-20-9-5-3-8(4-6-9)7-10-11(19)18-13(16-15-10)21-12(14)17-18/h3-6H,2,7H2,1H3. The molecule has 1 aromatic carbocycles. The molecule has 2 heterocycles. The van der Waals surface area contributed by atoms with Crippen LogP contribution in [0.2, 0.25) is 4.47 Å². The van der Waals surface area contributed by atoms with Crippen LogP contribution in [0.1, 0.15) is 18.2 Å². The van der Waals surface area contributed by atoms with Crippen molar-refractivity contribution in [1.82, 2.24) is 19.8 Å². The van der Waals surface area contributed by atoms with Gasteiger partial charge < -0.3 is 4.74 Å². The molecule has 0 saturated carbocycles. The average molecular weight is 323 g/mol. The van der Waals surface area contributed by atoms with Crippen molar-refractivity contribution >= 4 is 27.9 Å². The van der Waals surface area contributed by atoms with Crippen LogP contribution >= 0.6 is 22.9 Å². The Morgan fingerprint density at radius 1 is 1.29 bits per heavy atom. The lowest BCUT2D eigenvalue weighted by molar-refractivity contribution is 0.340. The monoisotopic (exact) mass is 322 g/mol. The normalized spacial score (nSPS) is 11.0. The van der Waals surface area contributed by atoms with Crippen molar-refractivity contribution in [3.05, 3.63) is 50.3 Å². The van der Waals surface area contributed by atoms with E-state index in [2.05, 4.69) is 15.3 Å². The molecule has 0 fully saturated rings. The molecule has 2 aromatic heterocycles. The highest BCUT2D eigenvalue weighted by Crippen LogP contribution is 2.16. The van der Waals surface area contributed by atoms with E-state index in [9.17, 15) is 4.79 Å². The highest BCUT2D eigenvalue weighted by molar-refractivity contribution is 7.20. The first-order valence-electron chi connectivity index (χ1n) is 6.30. The average Bonchev–Trinajstić information content (AvgIpc) is 2.86. The van der Waals surface area contributed by atoms with Gasteiger partial charge in [0.25, 0.3) is 5.56 Å². The maximum Gasteiger partial charge on any atom is 0.297 e. The fraction of sp³-hybridized carbons (Fsp3) is 0.231. The van der Waals surface area contributed by atoms with Crippen LogP contribution in [0, 0.1) is 0 Å². The maximum atomic E-state index is 12.2. The third kappa shape index (κ3) is 2.88. The first kappa shape index (κ1) is 14.0. The summed E-state index contributed by atoms with van der Waals surface area (Å²) in [5.74, 6) is 0.797. The summed E-state index contributed by atoms with van der Waals surface area (Å²) in [6.07, 6.45) is 0.385. The van der Waals surface area contributed by atoms with E-state index in [1.54, 1.807) is 0 Å². The molecule has 0 aliphatic heterocycles. The molecule has 0 amide bonds. The lowest BCUT2D eigenvalue weighted by Gasteiger charge is -2.04. The van der Waals surface area contributed by atoms with Gasteiger partial charge in [0.15, 0.2) is 0 Å². The maximum absolute atomic E-state index is 12.2. The Morgan fingerprint density at radius 2 is 2.05 bits per heavy atom. The number of rotatable bonds is 4. The molecule has 0 N–H and O–H groups in total. The van der Waals surface area contributed by atoms with Crippen molar-refractivity contribution in [3.8, 4) is 5.75 Å². The second-order valence-electron chi connectivity index (χ2n) is 4.25. The molecule has 0 bridgehead atoms. The van der Waals surface area contributed by atoms with Crippen LogP contribution in [-0.2, 0) is 6.42 Å². The number of ether oxygens (including phenoxy) is 1. The Balaban J connectivity index is 1.90. The summed E-state index contributed by atoms with van der Waals surface area (Å²) in [5, 5.41) is 11.9. The molecule has 6 nitrogen and oxygen atoms in total. The van der Waals surface area contributed by atoms with Crippen LogP contribution < -0.4 is 10.3 Å². The van der Waals surface area contributed by atoms with Crippen LogP contribution in [-0.4, -0.2) is 26.4 Å². The zero-order valence-electron chi connectivity index (χ0n) is 11.1. The Bertz CT molecular complexity index is 828. The highest BCUT2D eigenvalue weighted by Gasteiger charge is 2.11. The number of halogens is 1. The van der Waals surface area contributed by atoms with Gasteiger partial charge in [0, 0.05) is 6.42 Å². The van der Waals surface area contributed by atoms with Gasteiger partial charge in [0.05, 0.1) is 6.61 Å². The van der Waals surface area contributed by atoms with E-state index >= 15 is 0 Å². The van der Waals surface area contributed by atoms with Gasteiger partial charge in [0.2, 0.25) is 9.43 Å². The molecular weight excluding hydrogens is 312 g/mol. The Morgan fingerprint density at radius 3 is 2.76 bits per heavy atom. The zero-order valence-corrected chi connectivity index (χ0v) is 12.7. The third-order valence-corrected chi connectivity index (χ3v) is 3.83. The van der Waals surface area contributed by atoms with Gasteiger partial charge in [-0.15, -0.1) is 15.3 Å². The molecule has 0 aliphatic carbocycles. The van der Waals surface area contributed by atoms with Crippen molar-refractivity contribution in [1.29, 1.82) is 0 Å². The number of fused-ring (bicyclic) bond motifs is 1. The second kappa shape index (κ2) is 5.79. The first-order chi connectivity index (χ1) is 10.2. The molecule has 3 aromatic rings. The molecule has 0 atom stereocenters. The van der Waals surface area contributed by atoms with E-state index in [1.807, 2.05) is 31.2 Å². The minimum absolute atomic E-state index is 0.264. The van der Waals surface area contributed by atoms with Gasteiger partial charge in [-0.1, -0.05) is 23.5 Å². The van der Waals surface area contributed by atoms with Gasteiger partial charge in [-0.2, -0.15) is 4.52 Å². The van der Waals surface area contributed by atoms with E-state index < -0.39 is 0 Å². The molecule has 8 heteroatoms. The predicted molar refractivity (Wildman–Crippen MR) is 80.4 cm³/mol. The van der Waals surface area contributed by atoms with Crippen molar-refractivity contribution in [2.45, 2.75) is 13.3 Å². The summed E-state index contributed by atoms with van der Waals surface area (Å²) in [5.41, 5.74) is 0.988.